The van der Waals surface area contributed by atoms with Crippen LogP contribution in [0.5, 0.6) is 5.75 Å². The molecular weight excluding hydrogens is 369 g/mol. The Labute approximate surface area is 139 Å². The Balaban J connectivity index is 2.31. The number of halogens is 5. The summed E-state index contributed by atoms with van der Waals surface area (Å²) in [6, 6.07) is 5.60. The average molecular weight is 379 g/mol. The number of sulfonamides is 1. The van der Waals surface area contributed by atoms with Gasteiger partial charge >= 0.3 is 0 Å². The summed E-state index contributed by atoms with van der Waals surface area (Å²) in [6.45, 7) is 0. The molecule has 0 aliphatic carbocycles. The average Bonchev–Trinajstić information content (AvgIpc) is 2.58. The summed E-state index contributed by atoms with van der Waals surface area (Å²) in [5.74, 6) is -10.5. The van der Waals surface area contributed by atoms with Crippen molar-refractivity contribution < 1.29 is 35.1 Å². The Morgan fingerprint density at radius 2 is 1.36 bits per heavy atom. The number of nitrogens with one attached hydrogen (secondary N) is 1. The van der Waals surface area contributed by atoms with Crippen LogP contribution in [0.25, 0.3) is 6.08 Å². The molecule has 2 aromatic rings. The normalized spacial score (nSPS) is 11.8. The molecule has 10 heteroatoms. The number of hydrogen-bond donors (Lipinski definition) is 1. The lowest BCUT2D eigenvalue weighted by Gasteiger charge is -2.06. The zero-order valence-electron chi connectivity index (χ0n) is 12.5. The Hall–Kier alpha value is -2.62. The van der Waals surface area contributed by atoms with Crippen LogP contribution in [-0.4, -0.2) is 15.5 Å². The fourth-order valence-electron chi connectivity index (χ4n) is 1.78. The van der Waals surface area contributed by atoms with Crippen molar-refractivity contribution in [2.45, 2.75) is 0 Å². The molecule has 2 rings (SSSR count). The molecule has 4 nitrogen and oxygen atoms in total. The SMILES string of the molecule is COc1ccc(NS(=O)(=O)/C=C/c2c(F)c(F)c(F)c(F)c2F)cc1. The quantitative estimate of drug-likeness (QED) is 0.488. The second kappa shape index (κ2) is 7.09. The van der Waals surface area contributed by atoms with E-state index in [-0.39, 0.29) is 17.2 Å². The van der Waals surface area contributed by atoms with E-state index in [4.69, 9.17) is 4.74 Å². The summed E-state index contributed by atoms with van der Waals surface area (Å²) in [6.07, 6.45) is 0.280. The van der Waals surface area contributed by atoms with E-state index in [9.17, 15) is 30.4 Å². The van der Waals surface area contributed by atoms with Gasteiger partial charge in [0, 0.05) is 5.69 Å². The van der Waals surface area contributed by atoms with Crippen LogP contribution < -0.4 is 9.46 Å². The van der Waals surface area contributed by atoms with E-state index in [0.29, 0.717) is 5.75 Å². The van der Waals surface area contributed by atoms with Crippen molar-refractivity contribution in [2.24, 2.45) is 0 Å². The Kier molecular flexibility index (Phi) is 5.31. The highest BCUT2D eigenvalue weighted by atomic mass is 32.2. The minimum Gasteiger partial charge on any atom is -0.497 e. The van der Waals surface area contributed by atoms with Gasteiger partial charge < -0.3 is 4.74 Å². The molecule has 0 unspecified atom stereocenters. The Bertz CT molecular complexity index is 898. The van der Waals surface area contributed by atoms with Gasteiger partial charge in [-0.15, -0.1) is 0 Å². The van der Waals surface area contributed by atoms with Gasteiger partial charge in [0.1, 0.15) is 5.75 Å². The molecule has 2 aromatic carbocycles. The first kappa shape index (κ1) is 18.7. The molecule has 0 aliphatic heterocycles. The molecule has 0 saturated heterocycles. The van der Waals surface area contributed by atoms with Crippen LogP contribution in [0.1, 0.15) is 5.56 Å². The summed E-state index contributed by atoms with van der Waals surface area (Å²) in [5, 5.41) is 0.287. The van der Waals surface area contributed by atoms with Crippen LogP contribution in [0, 0.1) is 29.1 Å². The lowest BCUT2D eigenvalue weighted by atomic mass is 10.1. The van der Waals surface area contributed by atoms with E-state index >= 15 is 0 Å². The fourth-order valence-corrected chi connectivity index (χ4v) is 2.63. The van der Waals surface area contributed by atoms with Crippen molar-refractivity contribution in [3.63, 3.8) is 0 Å². The maximum atomic E-state index is 13.5. The van der Waals surface area contributed by atoms with Crippen molar-refractivity contribution in [3.05, 3.63) is 64.3 Å². The predicted octanol–water partition coefficient (Wildman–Crippen LogP) is 3.80. The Morgan fingerprint density at radius 1 is 0.880 bits per heavy atom. The summed E-state index contributed by atoms with van der Waals surface area (Å²) in [4.78, 5) is 0. The van der Waals surface area contributed by atoms with Gasteiger partial charge in [-0.05, 0) is 30.3 Å². The molecule has 0 radical (unpaired) electrons. The second-order valence-corrected chi connectivity index (χ2v) is 6.23. The van der Waals surface area contributed by atoms with Gasteiger partial charge in [-0.3, -0.25) is 4.72 Å². The maximum absolute atomic E-state index is 13.5. The van der Waals surface area contributed by atoms with E-state index in [1.165, 1.54) is 31.4 Å². The topological polar surface area (TPSA) is 55.4 Å². The zero-order valence-corrected chi connectivity index (χ0v) is 13.3. The molecule has 0 bridgehead atoms. The third kappa shape index (κ3) is 4.08. The number of benzene rings is 2. The molecule has 1 N–H and O–H groups in total. The summed E-state index contributed by atoms with van der Waals surface area (Å²) < 4.78 is 96.7. The van der Waals surface area contributed by atoms with E-state index in [1.807, 2.05) is 4.72 Å². The Morgan fingerprint density at radius 3 is 1.84 bits per heavy atom. The molecule has 134 valence electrons. The van der Waals surface area contributed by atoms with Gasteiger partial charge in [0.25, 0.3) is 10.0 Å². The highest BCUT2D eigenvalue weighted by Gasteiger charge is 2.24. The zero-order chi connectivity index (χ0) is 18.8. The van der Waals surface area contributed by atoms with E-state index in [1.54, 1.807) is 0 Å². The number of hydrogen-bond acceptors (Lipinski definition) is 3. The third-order valence-electron chi connectivity index (χ3n) is 3.01. The molecule has 25 heavy (non-hydrogen) atoms. The second-order valence-electron chi connectivity index (χ2n) is 4.66. The molecule has 0 aromatic heterocycles. The molecule has 0 fully saturated rings. The monoisotopic (exact) mass is 379 g/mol. The summed E-state index contributed by atoms with van der Waals surface area (Å²) in [7, 11) is -2.86. The van der Waals surface area contributed by atoms with Gasteiger partial charge in [0.15, 0.2) is 23.3 Å². The minimum atomic E-state index is -4.27. The van der Waals surface area contributed by atoms with Gasteiger partial charge in [0.2, 0.25) is 5.82 Å². The fraction of sp³-hybridized carbons (Fsp3) is 0.0667. The first-order valence-electron chi connectivity index (χ1n) is 6.52. The van der Waals surface area contributed by atoms with E-state index < -0.39 is 44.7 Å². The van der Waals surface area contributed by atoms with Gasteiger partial charge in [-0.25, -0.2) is 30.4 Å². The van der Waals surface area contributed by atoms with Crippen LogP contribution in [0.2, 0.25) is 0 Å². The van der Waals surface area contributed by atoms with Crippen molar-refractivity contribution in [1.82, 2.24) is 0 Å². The van der Waals surface area contributed by atoms with E-state index in [0.717, 1.165) is 0 Å². The van der Waals surface area contributed by atoms with Crippen LogP contribution in [0.3, 0.4) is 0 Å². The highest BCUT2D eigenvalue weighted by molar-refractivity contribution is 7.95. The molecule has 0 atom stereocenters. The van der Waals surface area contributed by atoms with Crippen LogP contribution in [0.4, 0.5) is 27.6 Å². The molecule has 0 heterocycles. The third-order valence-corrected chi connectivity index (χ3v) is 4.02. The smallest absolute Gasteiger partial charge is 0.255 e. The van der Waals surface area contributed by atoms with Crippen molar-refractivity contribution in [3.8, 4) is 5.75 Å². The minimum absolute atomic E-state index is 0.0999. The van der Waals surface area contributed by atoms with Crippen LogP contribution in [0.15, 0.2) is 29.7 Å². The van der Waals surface area contributed by atoms with Gasteiger partial charge in [-0.2, -0.15) is 0 Å². The van der Waals surface area contributed by atoms with Crippen LogP contribution >= 0.6 is 0 Å². The van der Waals surface area contributed by atoms with E-state index in [2.05, 4.69) is 0 Å². The first-order valence-corrected chi connectivity index (χ1v) is 8.07. The predicted molar refractivity (Wildman–Crippen MR) is 80.8 cm³/mol. The molecule has 0 amide bonds. The molecule has 0 aliphatic rings. The number of methoxy groups -OCH3 is 1. The number of anilines is 1. The first-order chi connectivity index (χ1) is 11.7. The summed E-state index contributed by atoms with van der Waals surface area (Å²) in [5.41, 5.74) is -1.26. The largest absolute Gasteiger partial charge is 0.497 e. The lowest BCUT2D eigenvalue weighted by molar-refractivity contribution is 0.377. The lowest BCUT2D eigenvalue weighted by Crippen LogP contribution is -2.09. The summed E-state index contributed by atoms with van der Waals surface area (Å²) >= 11 is 0. The molecule has 0 saturated carbocycles. The van der Waals surface area contributed by atoms with Gasteiger partial charge in [-0.1, -0.05) is 0 Å². The van der Waals surface area contributed by atoms with Crippen molar-refractivity contribution in [1.29, 1.82) is 0 Å². The number of rotatable bonds is 5. The van der Waals surface area contributed by atoms with Crippen molar-refractivity contribution in [2.75, 3.05) is 11.8 Å². The standard InChI is InChI=1S/C15H10F5NO3S/c1-24-9-4-2-8(3-5-9)21-25(22,23)7-6-10-11(16)13(18)15(20)14(19)12(10)17/h2-7,21H,1H3/b7-6+. The van der Waals surface area contributed by atoms with Crippen molar-refractivity contribution >= 4 is 21.8 Å². The van der Waals surface area contributed by atoms with Crippen LogP contribution in [-0.2, 0) is 10.0 Å². The maximum Gasteiger partial charge on any atom is 0.255 e. The molecular formula is C15H10F5NO3S. The highest BCUT2D eigenvalue weighted by Crippen LogP contribution is 2.24. The van der Waals surface area contributed by atoms with Gasteiger partial charge in [0.05, 0.1) is 18.1 Å². The molecule has 0 spiro atoms. The number of ether oxygens (including phenoxy) is 1.